The minimum absolute atomic E-state index is 0.189. The second kappa shape index (κ2) is 9.57. The number of halogens is 3. The van der Waals surface area contributed by atoms with Gasteiger partial charge in [-0.1, -0.05) is 52.4 Å². The monoisotopic (exact) mass is 568 g/mol. The number of aromatic nitrogens is 3. The van der Waals surface area contributed by atoms with Crippen molar-refractivity contribution in [2.75, 3.05) is 5.32 Å². The number of fused-ring (bicyclic) bond motifs is 1. The molecule has 0 aliphatic heterocycles. The van der Waals surface area contributed by atoms with Gasteiger partial charge in [0.1, 0.15) is 11.6 Å². The maximum absolute atomic E-state index is 14.1. The summed E-state index contributed by atoms with van der Waals surface area (Å²) in [6, 6.07) is 15.0. The van der Waals surface area contributed by atoms with Crippen LogP contribution in [-0.4, -0.2) is 15.0 Å². The fraction of sp³-hybridized carbons (Fsp3) is 0.115. The van der Waals surface area contributed by atoms with Crippen LogP contribution < -0.4 is 5.32 Å². The highest BCUT2D eigenvalue weighted by atomic mass is 127. The molecule has 2 heterocycles. The minimum atomic E-state index is -0.213. The fourth-order valence-electron chi connectivity index (χ4n) is 3.86. The third-order valence-electron chi connectivity index (χ3n) is 5.56. The summed E-state index contributed by atoms with van der Waals surface area (Å²) < 4.78 is 14.6. The maximum Gasteiger partial charge on any atom is 0.163 e. The first-order valence-electron chi connectivity index (χ1n) is 10.5. The average Bonchev–Trinajstić information content (AvgIpc) is 2.85. The molecule has 5 rings (SSSR count). The van der Waals surface area contributed by atoms with Crippen LogP contribution >= 0.6 is 34.2 Å². The first kappa shape index (κ1) is 22.0. The summed E-state index contributed by atoms with van der Waals surface area (Å²) in [5.74, 6) is 1.21. The molecular weight excluding hydrogens is 550 g/mol. The molecule has 4 aromatic rings. The predicted molar refractivity (Wildman–Crippen MR) is 141 cm³/mol. The van der Waals surface area contributed by atoms with E-state index in [0.717, 1.165) is 39.2 Å². The molecule has 0 amide bonds. The Morgan fingerprint density at radius 3 is 2.82 bits per heavy atom. The molecule has 1 aliphatic carbocycles. The molecule has 2 aromatic carbocycles. The number of nitrogens with one attached hydrogen (secondary N) is 1. The first-order chi connectivity index (χ1) is 16.1. The van der Waals surface area contributed by atoms with Crippen molar-refractivity contribution in [3.05, 3.63) is 101 Å². The molecule has 1 aliphatic rings. The van der Waals surface area contributed by atoms with Gasteiger partial charge in [0, 0.05) is 44.4 Å². The summed E-state index contributed by atoms with van der Waals surface area (Å²) in [7, 11) is 0. The van der Waals surface area contributed by atoms with E-state index in [9.17, 15) is 4.39 Å². The van der Waals surface area contributed by atoms with E-state index >= 15 is 0 Å². The normalized spacial score (nSPS) is 15.5. The van der Waals surface area contributed by atoms with Gasteiger partial charge in [-0.05, 0) is 66.1 Å². The van der Waals surface area contributed by atoms with Crippen LogP contribution in [0.4, 0.5) is 15.9 Å². The Bertz CT molecular complexity index is 1390. The molecule has 0 fully saturated rings. The molecule has 1 unspecified atom stereocenters. The van der Waals surface area contributed by atoms with Crippen molar-refractivity contribution in [3.63, 3.8) is 0 Å². The zero-order chi connectivity index (χ0) is 22.8. The molecule has 1 N–H and O–H groups in total. The van der Waals surface area contributed by atoms with Gasteiger partial charge in [0.25, 0.3) is 0 Å². The van der Waals surface area contributed by atoms with Crippen molar-refractivity contribution in [1.82, 2.24) is 15.0 Å². The van der Waals surface area contributed by atoms with Crippen molar-refractivity contribution >= 4 is 56.6 Å². The molecule has 0 saturated heterocycles. The lowest BCUT2D eigenvalue weighted by Gasteiger charge is -2.18. The molecule has 33 heavy (non-hydrogen) atoms. The fourth-order valence-corrected chi connectivity index (χ4v) is 4.68. The van der Waals surface area contributed by atoms with E-state index in [2.05, 4.69) is 51.1 Å². The molecule has 0 radical (unpaired) electrons. The van der Waals surface area contributed by atoms with E-state index in [-0.39, 0.29) is 11.7 Å². The largest absolute Gasteiger partial charge is 0.340 e. The quantitative estimate of drug-likeness (QED) is 0.198. The van der Waals surface area contributed by atoms with E-state index in [1.54, 1.807) is 18.5 Å². The Morgan fingerprint density at radius 2 is 2.03 bits per heavy atom. The molecule has 4 nitrogen and oxygen atoms in total. The van der Waals surface area contributed by atoms with Crippen molar-refractivity contribution in [3.8, 4) is 11.4 Å². The van der Waals surface area contributed by atoms with Gasteiger partial charge in [-0.2, -0.15) is 0 Å². The van der Waals surface area contributed by atoms with Gasteiger partial charge in [0.15, 0.2) is 5.82 Å². The number of benzene rings is 2. The number of rotatable bonds is 5. The maximum atomic E-state index is 14.1. The van der Waals surface area contributed by atoms with Crippen LogP contribution in [-0.2, 0) is 4.43 Å². The summed E-state index contributed by atoms with van der Waals surface area (Å²) in [6.45, 7) is 0. The molecule has 2 aromatic heterocycles. The summed E-state index contributed by atoms with van der Waals surface area (Å²) in [4.78, 5) is 13.8. The molecule has 0 bridgehead atoms. The van der Waals surface area contributed by atoms with Crippen molar-refractivity contribution in [2.45, 2.75) is 16.8 Å². The van der Waals surface area contributed by atoms with E-state index in [1.807, 2.05) is 36.4 Å². The Balaban J connectivity index is 1.63. The van der Waals surface area contributed by atoms with Crippen LogP contribution in [0.1, 0.15) is 23.5 Å². The van der Waals surface area contributed by atoms with Crippen LogP contribution in [0.2, 0.25) is 0 Å². The van der Waals surface area contributed by atoms with E-state index in [4.69, 9.17) is 21.6 Å². The van der Waals surface area contributed by atoms with Crippen LogP contribution in [0, 0.1) is 5.82 Å². The molecule has 164 valence electrons. The number of alkyl halides is 1. The number of nitrogens with zero attached hydrogens (tertiary/aromatic N) is 3. The highest BCUT2D eigenvalue weighted by Crippen LogP contribution is 2.34. The Hall–Kier alpha value is -2.84. The van der Waals surface area contributed by atoms with E-state index in [1.165, 1.54) is 6.07 Å². The molecule has 1 atom stereocenters. The van der Waals surface area contributed by atoms with Gasteiger partial charge in [0.2, 0.25) is 0 Å². The van der Waals surface area contributed by atoms with Crippen LogP contribution in [0.3, 0.4) is 0 Å². The molecule has 0 saturated carbocycles. The van der Waals surface area contributed by atoms with E-state index < -0.39 is 0 Å². The van der Waals surface area contributed by atoms with Gasteiger partial charge in [-0.3, -0.25) is 4.98 Å². The average molecular weight is 569 g/mol. The second-order valence-electron chi connectivity index (χ2n) is 7.79. The third-order valence-corrected chi connectivity index (χ3v) is 6.66. The van der Waals surface area contributed by atoms with Crippen molar-refractivity contribution in [2.24, 2.45) is 0 Å². The number of pyridine rings is 1. The van der Waals surface area contributed by atoms with Crippen molar-refractivity contribution < 1.29 is 4.39 Å². The van der Waals surface area contributed by atoms with Crippen LogP contribution in [0.15, 0.2) is 84.2 Å². The molecule has 7 heteroatoms. The second-order valence-corrected chi connectivity index (χ2v) is 9.04. The van der Waals surface area contributed by atoms with Crippen LogP contribution in [0.25, 0.3) is 22.3 Å². The number of hydrogen-bond acceptors (Lipinski definition) is 4. The van der Waals surface area contributed by atoms with Gasteiger partial charge < -0.3 is 5.32 Å². The lowest BCUT2D eigenvalue weighted by Crippen LogP contribution is -2.03. The molecule has 0 spiro atoms. The summed E-state index contributed by atoms with van der Waals surface area (Å²) >= 11 is 8.45. The zero-order valence-corrected chi connectivity index (χ0v) is 20.4. The first-order valence-corrected chi connectivity index (χ1v) is 12.4. The lowest BCUT2D eigenvalue weighted by molar-refractivity contribution is 0.618. The lowest BCUT2D eigenvalue weighted by atomic mass is 9.91. The number of hydrogen-bond donors (Lipinski definition) is 1. The van der Waals surface area contributed by atoms with Gasteiger partial charge in [-0.25, -0.2) is 14.4 Å². The van der Waals surface area contributed by atoms with E-state index in [0.29, 0.717) is 21.6 Å². The predicted octanol–water partition coefficient (Wildman–Crippen LogP) is 7.68. The van der Waals surface area contributed by atoms with Gasteiger partial charge >= 0.3 is 0 Å². The van der Waals surface area contributed by atoms with Gasteiger partial charge in [0.05, 0.1) is 5.52 Å². The zero-order valence-electron chi connectivity index (χ0n) is 17.5. The minimum Gasteiger partial charge on any atom is -0.340 e. The van der Waals surface area contributed by atoms with Crippen molar-refractivity contribution in [1.29, 1.82) is 0 Å². The summed E-state index contributed by atoms with van der Waals surface area (Å²) in [5.41, 5.74) is 4.19. The Kier molecular flexibility index (Phi) is 6.37. The third kappa shape index (κ3) is 4.77. The van der Waals surface area contributed by atoms with Gasteiger partial charge in [-0.15, -0.1) is 0 Å². The number of allylic oxidation sites excluding steroid dienone is 4. The standard InChI is InChI=1S/C26H19ClFIN4/c27-20-5-1-3-16(11-20)17-6-9-24-22(13-17)26(31-21-7-8-23(28)19(12-21)14-29)33-25(32-24)18-4-2-10-30-15-18/h1-10,12-13,15-16H,11,14H2,(H,31,32,33). The molecular formula is C26H19ClFIN4. The highest BCUT2D eigenvalue weighted by molar-refractivity contribution is 14.1. The highest BCUT2D eigenvalue weighted by Gasteiger charge is 2.16. The summed E-state index contributed by atoms with van der Waals surface area (Å²) in [6.07, 6.45) is 10.3. The SMILES string of the molecule is Fc1ccc(Nc2nc(-c3cccnc3)nc3ccc(C4C=CC=C(Cl)C4)cc23)cc1CI. The smallest absolute Gasteiger partial charge is 0.163 e. The Labute approximate surface area is 209 Å². The summed E-state index contributed by atoms with van der Waals surface area (Å²) in [5, 5.41) is 5.12. The number of anilines is 2. The Morgan fingerprint density at radius 1 is 1.12 bits per heavy atom. The topological polar surface area (TPSA) is 50.7 Å². The van der Waals surface area contributed by atoms with Crippen LogP contribution in [0.5, 0.6) is 0 Å².